The zero-order valence-corrected chi connectivity index (χ0v) is 15.7. The van der Waals surface area contributed by atoms with E-state index in [0.29, 0.717) is 37.7 Å². The predicted molar refractivity (Wildman–Crippen MR) is 97.0 cm³/mol. The third-order valence-corrected chi connectivity index (χ3v) is 6.13. The number of nitrogens with one attached hydrogen (secondary N) is 1. The van der Waals surface area contributed by atoms with Crippen molar-refractivity contribution in [2.24, 2.45) is 0 Å². The van der Waals surface area contributed by atoms with Gasteiger partial charge in [-0.1, -0.05) is 11.3 Å². The van der Waals surface area contributed by atoms with Crippen molar-refractivity contribution in [1.82, 2.24) is 4.98 Å². The van der Waals surface area contributed by atoms with E-state index in [2.05, 4.69) is 4.98 Å². The van der Waals surface area contributed by atoms with Crippen molar-refractivity contribution < 1.29 is 27.9 Å². The minimum Gasteiger partial charge on any atom is -0.348 e. The maximum Gasteiger partial charge on any atom is 0.416 e. The number of piperidine rings is 1. The van der Waals surface area contributed by atoms with Crippen LogP contribution < -0.4 is 15.9 Å². The van der Waals surface area contributed by atoms with Gasteiger partial charge in [0, 0.05) is 25.9 Å². The first-order valence-corrected chi connectivity index (χ1v) is 9.55. The Hall–Kier alpha value is -1.95. The molecule has 2 aliphatic rings. The van der Waals surface area contributed by atoms with E-state index in [1.54, 1.807) is 5.48 Å². The van der Waals surface area contributed by atoms with E-state index in [0.717, 1.165) is 23.5 Å². The molecule has 0 aliphatic carbocycles. The molecule has 0 bridgehead atoms. The van der Waals surface area contributed by atoms with Gasteiger partial charge < -0.3 is 14.4 Å². The summed E-state index contributed by atoms with van der Waals surface area (Å²) in [6.07, 6.45) is -3.43. The van der Waals surface area contributed by atoms with Crippen molar-refractivity contribution in [3.63, 3.8) is 0 Å². The molecule has 0 unspecified atom stereocenters. The Morgan fingerprint density at radius 1 is 1.36 bits per heavy atom. The van der Waals surface area contributed by atoms with Crippen molar-refractivity contribution in [1.29, 1.82) is 0 Å². The van der Waals surface area contributed by atoms with Gasteiger partial charge in [-0.3, -0.25) is 15.5 Å². The van der Waals surface area contributed by atoms with Crippen LogP contribution in [0.15, 0.2) is 16.9 Å². The van der Waals surface area contributed by atoms with E-state index >= 15 is 0 Å². The number of fused-ring (bicyclic) bond motifs is 1. The highest BCUT2D eigenvalue weighted by Gasteiger charge is 2.43. The molecule has 11 heteroatoms. The number of benzene rings is 1. The number of rotatable bonds is 2. The van der Waals surface area contributed by atoms with E-state index in [4.69, 9.17) is 9.47 Å². The van der Waals surface area contributed by atoms with Gasteiger partial charge in [-0.25, -0.2) is 0 Å². The summed E-state index contributed by atoms with van der Waals surface area (Å²) < 4.78 is 51.0. The summed E-state index contributed by atoms with van der Waals surface area (Å²) in [5.74, 6) is -0.614. The summed E-state index contributed by atoms with van der Waals surface area (Å²) in [6.45, 7) is 3.54. The van der Waals surface area contributed by atoms with Gasteiger partial charge in [0.2, 0.25) is 0 Å². The van der Waals surface area contributed by atoms with Crippen molar-refractivity contribution in [2.75, 3.05) is 30.1 Å². The van der Waals surface area contributed by atoms with Crippen LogP contribution in [-0.4, -0.2) is 41.8 Å². The average molecular weight is 417 g/mol. The number of nitrogens with zero attached hydrogens (tertiary/aromatic N) is 2. The summed E-state index contributed by atoms with van der Waals surface area (Å²) in [4.78, 5) is 18.3. The van der Waals surface area contributed by atoms with Crippen molar-refractivity contribution in [2.45, 2.75) is 37.8 Å². The highest BCUT2D eigenvalue weighted by Crippen LogP contribution is 2.39. The molecule has 1 aromatic carbocycles. The Bertz CT molecular complexity index is 957. The lowest BCUT2D eigenvalue weighted by Gasteiger charge is -2.38. The molecule has 1 spiro atoms. The Balaban J connectivity index is 1.67. The van der Waals surface area contributed by atoms with Crippen LogP contribution in [0.3, 0.4) is 0 Å². The average Bonchev–Trinajstić information content (AvgIpc) is 3.01. The molecule has 3 heterocycles. The fraction of sp³-hybridized carbons (Fsp3) is 0.529. The molecular weight excluding hydrogens is 399 g/mol. The molecule has 2 saturated heterocycles. The second-order valence-electron chi connectivity index (χ2n) is 6.95. The zero-order chi connectivity index (χ0) is 20.1. The monoisotopic (exact) mass is 417 g/mol. The summed E-state index contributed by atoms with van der Waals surface area (Å²) in [7, 11) is 0. The second-order valence-corrected chi connectivity index (χ2v) is 7.93. The minimum absolute atomic E-state index is 0.0300. The van der Waals surface area contributed by atoms with E-state index < -0.39 is 23.1 Å². The number of hydrogen-bond donors (Lipinski definition) is 2. The molecule has 1 aromatic heterocycles. The number of halogens is 3. The van der Waals surface area contributed by atoms with Gasteiger partial charge in [-0.2, -0.15) is 18.2 Å². The fourth-order valence-corrected chi connectivity index (χ4v) is 4.64. The van der Waals surface area contributed by atoms with Gasteiger partial charge in [-0.05, 0) is 19.1 Å². The van der Waals surface area contributed by atoms with Gasteiger partial charge in [0.1, 0.15) is 0 Å². The van der Waals surface area contributed by atoms with E-state index in [9.17, 15) is 23.2 Å². The molecule has 152 valence electrons. The smallest absolute Gasteiger partial charge is 0.348 e. The van der Waals surface area contributed by atoms with Crippen LogP contribution in [-0.2, 0) is 15.7 Å². The molecule has 7 nitrogen and oxygen atoms in total. The SMILES string of the molecule is C[C@@H]1COC2(CCN(c3nc(=O)c4cc(C(F)(F)F)cc(NO)c4s3)CC2)O1. The van der Waals surface area contributed by atoms with Crippen molar-refractivity contribution in [3.8, 4) is 0 Å². The molecule has 1 atom stereocenters. The number of alkyl halides is 3. The molecule has 2 aliphatic heterocycles. The van der Waals surface area contributed by atoms with Crippen LogP contribution in [0.1, 0.15) is 25.3 Å². The maximum atomic E-state index is 13.0. The number of hydrogen-bond acceptors (Lipinski definition) is 8. The number of anilines is 2. The standard InChI is InChI=1S/C17H18F3N3O4S/c1-9-8-26-16(27-9)2-4-23(5-3-16)15-21-14(24)11-6-10(17(18,19)20)7-12(22-25)13(11)28-15/h6-7,9,22,25H,2-5,8H2,1H3/t9-/m1/s1. The third-order valence-electron chi connectivity index (χ3n) is 4.95. The number of aromatic nitrogens is 1. The zero-order valence-electron chi connectivity index (χ0n) is 14.9. The van der Waals surface area contributed by atoms with E-state index in [1.807, 2.05) is 11.8 Å². The topological polar surface area (TPSA) is 83.9 Å². The van der Waals surface area contributed by atoms with Gasteiger partial charge in [-0.15, -0.1) is 0 Å². The predicted octanol–water partition coefficient (Wildman–Crippen LogP) is 3.21. The molecule has 2 fully saturated rings. The van der Waals surface area contributed by atoms with Gasteiger partial charge in [0.05, 0.1) is 34.0 Å². The Kier molecular flexibility index (Phi) is 4.73. The third kappa shape index (κ3) is 3.43. The lowest BCUT2D eigenvalue weighted by molar-refractivity contribution is -0.178. The summed E-state index contributed by atoms with van der Waals surface area (Å²) in [5.41, 5.74) is -0.208. The highest BCUT2D eigenvalue weighted by atomic mass is 32.1. The first kappa shape index (κ1) is 19.4. The number of ether oxygens (including phenoxy) is 2. The molecule has 0 radical (unpaired) electrons. The molecule has 4 rings (SSSR count). The summed E-state index contributed by atoms with van der Waals surface area (Å²) in [5, 5.41) is 9.50. The quantitative estimate of drug-likeness (QED) is 0.726. The first-order chi connectivity index (χ1) is 13.2. The highest BCUT2D eigenvalue weighted by molar-refractivity contribution is 7.22. The maximum absolute atomic E-state index is 13.0. The van der Waals surface area contributed by atoms with Crippen LogP contribution in [0.5, 0.6) is 0 Å². The molecule has 28 heavy (non-hydrogen) atoms. The lowest BCUT2D eigenvalue weighted by atomic mass is 10.0. The Morgan fingerprint density at radius 3 is 2.64 bits per heavy atom. The van der Waals surface area contributed by atoms with Crippen LogP contribution in [0, 0.1) is 0 Å². The second kappa shape index (κ2) is 6.83. The molecule has 2 N–H and O–H groups in total. The van der Waals surface area contributed by atoms with Crippen LogP contribution in [0.25, 0.3) is 10.1 Å². The first-order valence-electron chi connectivity index (χ1n) is 8.74. The minimum atomic E-state index is -4.64. The van der Waals surface area contributed by atoms with Gasteiger partial charge in [0.15, 0.2) is 10.9 Å². The van der Waals surface area contributed by atoms with Gasteiger partial charge in [0.25, 0.3) is 5.56 Å². The van der Waals surface area contributed by atoms with E-state index in [-0.39, 0.29) is 21.9 Å². The van der Waals surface area contributed by atoms with Gasteiger partial charge >= 0.3 is 6.18 Å². The fourth-order valence-electron chi connectivity index (χ4n) is 3.55. The Morgan fingerprint density at radius 2 is 2.07 bits per heavy atom. The summed E-state index contributed by atoms with van der Waals surface area (Å²) in [6, 6.07) is 1.54. The van der Waals surface area contributed by atoms with Crippen LogP contribution in [0.4, 0.5) is 24.0 Å². The lowest BCUT2D eigenvalue weighted by Crippen LogP contribution is -2.45. The summed E-state index contributed by atoms with van der Waals surface area (Å²) >= 11 is 1.05. The molecular formula is C17H18F3N3O4S. The largest absolute Gasteiger partial charge is 0.416 e. The van der Waals surface area contributed by atoms with Crippen molar-refractivity contribution >= 4 is 32.2 Å². The Labute approximate surface area is 161 Å². The normalized spacial score (nSPS) is 22.2. The molecule has 0 amide bonds. The van der Waals surface area contributed by atoms with E-state index in [1.165, 1.54) is 0 Å². The molecule has 2 aromatic rings. The van der Waals surface area contributed by atoms with Crippen LogP contribution in [0.2, 0.25) is 0 Å². The van der Waals surface area contributed by atoms with Crippen LogP contribution >= 0.6 is 11.3 Å². The molecule has 0 saturated carbocycles. The van der Waals surface area contributed by atoms with Crippen molar-refractivity contribution in [3.05, 3.63) is 28.0 Å².